The number of nitrogens with zero attached hydrogens (tertiary/aromatic N) is 1. The second-order valence-corrected chi connectivity index (χ2v) is 6.94. The van der Waals surface area contributed by atoms with Crippen LogP contribution in [-0.2, 0) is 5.41 Å². The van der Waals surface area contributed by atoms with Gasteiger partial charge in [0.15, 0.2) is 0 Å². The highest BCUT2D eigenvalue weighted by atomic mass is 16.6. The zero-order valence-electron chi connectivity index (χ0n) is 16.0. The molecule has 0 atom stereocenters. The zero-order chi connectivity index (χ0) is 20.0. The molecule has 4 aromatic rings. The third-order valence-corrected chi connectivity index (χ3v) is 5.59. The Morgan fingerprint density at radius 3 is 1.93 bits per heavy atom. The minimum atomic E-state index is -0.712. The Kier molecular flexibility index (Phi) is 3.38. The monoisotopic (exact) mass is 364 g/mol. The van der Waals surface area contributed by atoms with Gasteiger partial charge in [-0.2, -0.15) is 0 Å². The Morgan fingerprint density at radius 1 is 0.714 bits per heavy atom. The van der Waals surface area contributed by atoms with Crippen LogP contribution >= 0.6 is 0 Å². The van der Waals surface area contributed by atoms with Crippen molar-refractivity contribution in [3.63, 3.8) is 0 Å². The van der Waals surface area contributed by atoms with E-state index in [9.17, 15) is 10.1 Å². The van der Waals surface area contributed by atoms with E-state index >= 15 is 0 Å². The maximum atomic E-state index is 11.6. The van der Waals surface area contributed by atoms with Crippen LogP contribution < -0.4 is 0 Å². The summed E-state index contributed by atoms with van der Waals surface area (Å²) in [5.74, 6) is 0. The van der Waals surface area contributed by atoms with Gasteiger partial charge in [0.05, 0.1) is 11.7 Å². The molecule has 0 saturated heterocycles. The molecule has 3 nitrogen and oxygen atoms in total. The van der Waals surface area contributed by atoms with Crippen LogP contribution in [0.4, 0.5) is 5.69 Å². The summed E-state index contributed by atoms with van der Waals surface area (Å²) in [6, 6.07) is 31.2. The third-order valence-electron chi connectivity index (χ3n) is 5.59. The van der Waals surface area contributed by atoms with Crippen molar-refractivity contribution >= 4 is 5.69 Å². The Balaban J connectivity index is 1.98. The maximum Gasteiger partial charge on any atom is 0.269 e. The van der Waals surface area contributed by atoms with Crippen molar-refractivity contribution in [3.05, 3.63) is 135 Å². The first-order valence-electron chi connectivity index (χ1n) is 9.64. The van der Waals surface area contributed by atoms with Crippen LogP contribution in [0.5, 0.6) is 0 Å². The number of nitro benzene ring substituents is 1. The predicted octanol–water partition coefficient (Wildman–Crippen LogP) is 5.96. The fraction of sp³-hybridized carbons (Fsp3) is 0.0400. The lowest BCUT2D eigenvalue weighted by atomic mass is 9.67. The Hall–Kier alpha value is -3.72. The number of benzene rings is 4. The smallest absolute Gasteiger partial charge is 0.258 e. The van der Waals surface area contributed by atoms with Gasteiger partial charge in [-0.3, -0.25) is 10.1 Å². The number of hydrogen-bond donors (Lipinski definition) is 0. The van der Waals surface area contributed by atoms with Gasteiger partial charge in [-0.25, -0.2) is 0 Å². The van der Waals surface area contributed by atoms with Crippen LogP contribution in [0.3, 0.4) is 0 Å². The molecular formula is C25H17NO2. The lowest BCUT2D eigenvalue weighted by molar-refractivity contribution is -0.384. The maximum absolute atomic E-state index is 11.6. The molecule has 0 bridgehead atoms. The van der Waals surface area contributed by atoms with E-state index in [1.165, 1.54) is 0 Å². The number of hydrogen-bond acceptors (Lipinski definition) is 2. The van der Waals surface area contributed by atoms with Gasteiger partial charge in [-0.15, -0.1) is 0 Å². The standard InChI is InChI=1S/C25H17NO2/c27-26(28)20-15-16-22-21-13-7-8-14-23(21)25(24(22)17-20,18-9-3-1-4-10-18)19-11-5-2-6-12-19/h1-17H/i8D. The lowest BCUT2D eigenvalue weighted by Gasteiger charge is -2.33. The van der Waals surface area contributed by atoms with Crippen molar-refractivity contribution < 1.29 is 6.29 Å². The van der Waals surface area contributed by atoms with Gasteiger partial charge >= 0.3 is 0 Å². The first kappa shape index (κ1) is 15.3. The van der Waals surface area contributed by atoms with Crippen LogP contribution in [0.15, 0.2) is 103 Å². The molecule has 0 heterocycles. The molecule has 0 saturated carbocycles. The fourth-order valence-electron chi connectivity index (χ4n) is 4.48. The van der Waals surface area contributed by atoms with Gasteiger partial charge in [0.2, 0.25) is 0 Å². The highest BCUT2D eigenvalue weighted by Crippen LogP contribution is 2.56. The Morgan fingerprint density at radius 2 is 1.32 bits per heavy atom. The van der Waals surface area contributed by atoms with Crippen LogP contribution in [0.1, 0.15) is 23.6 Å². The Bertz CT molecular complexity index is 1200. The summed E-state index contributed by atoms with van der Waals surface area (Å²) in [5.41, 5.74) is 5.25. The minimum Gasteiger partial charge on any atom is -0.258 e. The van der Waals surface area contributed by atoms with Crippen LogP contribution in [0.2, 0.25) is 0 Å². The van der Waals surface area contributed by atoms with Gasteiger partial charge in [-0.05, 0) is 39.4 Å². The molecule has 0 spiro atoms. The van der Waals surface area contributed by atoms with E-state index in [1.54, 1.807) is 18.2 Å². The summed E-state index contributed by atoms with van der Waals surface area (Å²) in [4.78, 5) is 11.2. The summed E-state index contributed by atoms with van der Waals surface area (Å²) >= 11 is 0. The fourth-order valence-corrected chi connectivity index (χ4v) is 4.48. The van der Waals surface area contributed by atoms with Crippen LogP contribution in [0, 0.1) is 10.1 Å². The van der Waals surface area contributed by atoms with E-state index in [2.05, 4.69) is 24.3 Å². The first-order chi connectivity index (χ1) is 14.1. The SMILES string of the molecule is [2H]c1ccc2c(c1)C(c1ccccc1)(c1ccccc1)c1cc([N+](=O)[O-])ccc1-2. The van der Waals surface area contributed by atoms with Crippen molar-refractivity contribution in [1.29, 1.82) is 0 Å². The summed E-state index contributed by atoms with van der Waals surface area (Å²) in [5, 5.41) is 11.6. The van der Waals surface area contributed by atoms with Crippen LogP contribution in [-0.4, -0.2) is 4.92 Å². The molecule has 3 heteroatoms. The molecule has 134 valence electrons. The highest BCUT2D eigenvalue weighted by molar-refractivity contribution is 5.87. The molecule has 0 unspecified atom stereocenters. The van der Waals surface area contributed by atoms with Gasteiger partial charge in [0.1, 0.15) is 0 Å². The molecule has 0 N–H and O–H groups in total. The highest BCUT2D eigenvalue weighted by Gasteiger charge is 2.46. The number of nitro groups is 1. The van der Waals surface area contributed by atoms with E-state index < -0.39 is 5.41 Å². The van der Waals surface area contributed by atoms with Gasteiger partial charge < -0.3 is 0 Å². The van der Waals surface area contributed by atoms with Crippen molar-refractivity contribution in [2.75, 3.05) is 0 Å². The Labute approximate surface area is 164 Å². The minimum absolute atomic E-state index is 0.0684. The molecule has 0 aromatic heterocycles. The summed E-state index contributed by atoms with van der Waals surface area (Å²) in [7, 11) is 0. The van der Waals surface area contributed by atoms with E-state index in [4.69, 9.17) is 1.37 Å². The predicted molar refractivity (Wildman–Crippen MR) is 110 cm³/mol. The molecular weight excluding hydrogens is 346 g/mol. The van der Waals surface area contributed by atoms with Crippen molar-refractivity contribution in [2.45, 2.75) is 5.41 Å². The van der Waals surface area contributed by atoms with Gasteiger partial charge in [0.25, 0.3) is 5.69 Å². The molecule has 0 aliphatic heterocycles. The van der Waals surface area contributed by atoms with E-state index in [0.29, 0.717) is 6.04 Å². The number of rotatable bonds is 3. The molecule has 4 aromatic carbocycles. The zero-order valence-corrected chi connectivity index (χ0v) is 15.0. The average Bonchev–Trinajstić information content (AvgIpc) is 3.04. The van der Waals surface area contributed by atoms with E-state index in [0.717, 1.165) is 33.4 Å². The normalized spacial score (nSPS) is 14.1. The average molecular weight is 364 g/mol. The molecule has 5 rings (SSSR count). The molecule has 0 amide bonds. The molecule has 28 heavy (non-hydrogen) atoms. The van der Waals surface area contributed by atoms with Crippen molar-refractivity contribution in [1.82, 2.24) is 0 Å². The molecule has 0 fully saturated rings. The summed E-state index contributed by atoms with van der Waals surface area (Å²) < 4.78 is 8.27. The van der Waals surface area contributed by atoms with Crippen molar-refractivity contribution in [2.24, 2.45) is 0 Å². The van der Waals surface area contributed by atoms with Crippen molar-refractivity contribution in [3.8, 4) is 11.1 Å². The van der Waals surface area contributed by atoms with E-state index in [1.807, 2.05) is 54.6 Å². The second kappa shape index (κ2) is 6.17. The molecule has 1 aliphatic carbocycles. The second-order valence-electron chi connectivity index (χ2n) is 6.94. The first-order valence-corrected chi connectivity index (χ1v) is 9.14. The van der Waals surface area contributed by atoms with Crippen LogP contribution in [0.25, 0.3) is 11.1 Å². The largest absolute Gasteiger partial charge is 0.269 e. The van der Waals surface area contributed by atoms with Gasteiger partial charge in [0, 0.05) is 12.1 Å². The van der Waals surface area contributed by atoms with E-state index in [-0.39, 0.29) is 10.6 Å². The molecule has 0 radical (unpaired) electrons. The lowest BCUT2D eigenvalue weighted by Crippen LogP contribution is -2.28. The summed E-state index contributed by atoms with van der Waals surface area (Å²) in [6.45, 7) is 0. The molecule has 1 aliphatic rings. The van der Waals surface area contributed by atoms with Gasteiger partial charge in [-0.1, -0.05) is 84.9 Å². The third kappa shape index (κ3) is 2.16. The number of non-ortho nitro benzene ring substituents is 1. The number of fused-ring (bicyclic) bond motifs is 3. The topological polar surface area (TPSA) is 43.1 Å². The quantitative estimate of drug-likeness (QED) is 0.293. The summed E-state index contributed by atoms with van der Waals surface area (Å²) in [6.07, 6.45) is 0.